The number of piperidine rings is 1. The SMILES string of the molecule is COc1ccc(-n2ccc([C@H]3C4CN(C(=O)O)C[C@H]43)n2)nc1. The Morgan fingerprint density at radius 3 is 2.68 bits per heavy atom. The minimum atomic E-state index is -0.820. The first-order valence-electron chi connectivity index (χ1n) is 7.21. The zero-order valence-corrected chi connectivity index (χ0v) is 12.1. The second kappa shape index (κ2) is 4.72. The standard InChI is InChI=1S/C15H16N4O3/c1-22-9-2-3-13(16-6-9)19-5-4-12(17-19)14-10-7-18(15(20)21)8-11(10)14/h2-6,10-11,14H,7-8H2,1H3,(H,20,21)/t10-,11?,14-/m1/s1. The lowest BCUT2D eigenvalue weighted by atomic mass is 10.2. The summed E-state index contributed by atoms with van der Waals surface area (Å²) in [6.45, 7) is 1.25. The van der Waals surface area contributed by atoms with Gasteiger partial charge in [-0.05, 0) is 30.0 Å². The smallest absolute Gasteiger partial charge is 0.407 e. The molecule has 4 rings (SSSR count). The molecule has 0 radical (unpaired) electrons. The number of aromatic nitrogens is 3. The molecule has 1 aliphatic heterocycles. The largest absolute Gasteiger partial charge is 0.495 e. The van der Waals surface area contributed by atoms with E-state index in [0.29, 0.717) is 36.6 Å². The lowest BCUT2D eigenvalue weighted by molar-refractivity contribution is 0.150. The highest BCUT2D eigenvalue weighted by Gasteiger charge is 2.58. The van der Waals surface area contributed by atoms with Gasteiger partial charge in [0.25, 0.3) is 0 Å². The van der Waals surface area contributed by atoms with Gasteiger partial charge in [-0.15, -0.1) is 0 Å². The first kappa shape index (κ1) is 13.1. The number of carbonyl (C=O) groups is 1. The average molecular weight is 300 g/mol. The number of amides is 1. The van der Waals surface area contributed by atoms with Crippen LogP contribution < -0.4 is 4.74 Å². The van der Waals surface area contributed by atoms with Crippen molar-refractivity contribution in [2.75, 3.05) is 20.2 Å². The topological polar surface area (TPSA) is 80.5 Å². The molecule has 2 aliphatic rings. The van der Waals surface area contributed by atoms with Crippen LogP contribution in [0.3, 0.4) is 0 Å². The second-order valence-corrected chi connectivity index (χ2v) is 5.78. The van der Waals surface area contributed by atoms with Gasteiger partial charge < -0.3 is 14.7 Å². The van der Waals surface area contributed by atoms with Gasteiger partial charge in [-0.25, -0.2) is 14.5 Å². The van der Waals surface area contributed by atoms with E-state index in [1.807, 2.05) is 24.4 Å². The van der Waals surface area contributed by atoms with E-state index >= 15 is 0 Å². The average Bonchev–Trinajstić information content (AvgIpc) is 2.95. The maximum absolute atomic E-state index is 10.9. The van der Waals surface area contributed by atoms with Crippen LogP contribution in [0, 0.1) is 11.8 Å². The molecule has 22 heavy (non-hydrogen) atoms. The highest BCUT2D eigenvalue weighted by atomic mass is 16.5. The van der Waals surface area contributed by atoms with Gasteiger partial charge in [0.05, 0.1) is 19.0 Å². The molecule has 1 N–H and O–H groups in total. The molecule has 114 valence electrons. The van der Waals surface area contributed by atoms with E-state index in [9.17, 15) is 4.79 Å². The van der Waals surface area contributed by atoms with Gasteiger partial charge in [0.15, 0.2) is 5.82 Å². The summed E-state index contributed by atoms with van der Waals surface area (Å²) in [4.78, 5) is 16.7. The molecule has 3 heterocycles. The third-order valence-electron chi connectivity index (χ3n) is 4.61. The van der Waals surface area contributed by atoms with Crippen LogP contribution in [0.4, 0.5) is 4.79 Å². The van der Waals surface area contributed by atoms with Gasteiger partial charge in [-0.3, -0.25) is 0 Å². The number of carboxylic acid groups (broad SMARTS) is 1. The zero-order chi connectivity index (χ0) is 15.3. The number of ether oxygens (including phenoxy) is 1. The first-order valence-corrected chi connectivity index (χ1v) is 7.21. The number of nitrogens with zero attached hydrogens (tertiary/aromatic N) is 4. The Bertz CT molecular complexity index is 700. The molecule has 2 fully saturated rings. The van der Waals surface area contributed by atoms with Crippen LogP contribution in [0.25, 0.3) is 5.82 Å². The van der Waals surface area contributed by atoms with Crippen molar-refractivity contribution in [3.63, 3.8) is 0 Å². The van der Waals surface area contributed by atoms with Crippen LogP contribution in [0.5, 0.6) is 5.75 Å². The molecule has 3 atom stereocenters. The molecule has 2 aromatic rings. The Hall–Kier alpha value is -2.57. The summed E-state index contributed by atoms with van der Waals surface area (Å²) < 4.78 is 6.84. The Morgan fingerprint density at radius 1 is 1.32 bits per heavy atom. The van der Waals surface area contributed by atoms with E-state index in [-0.39, 0.29) is 0 Å². The van der Waals surface area contributed by atoms with E-state index in [1.165, 1.54) is 4.90 Å². The summed E-state index contributed by atoms with van der Waals surface area (Å²) in [6.07, 6.45) is 2.74. The monoisotopic (exact) mass is 300 g/mol. The van der Waals surface area contributed by atoms with Gasteiger partial charge in [0, 0.05) is 25.2 Å². The Kier molecular flexibility index (Phi) is 2.82. The number of hydrogen-bond acceptors (Lipinski definition) is 4. The van der Waals surface area contributed by atoms with Crippen molar-refractivity contribution >= 4 is 6.09 Å². The van der Waals surface area contributed by atoms with Crippen LogP contribution in [0.15, 0.2) is 30.6 Å². The zero-order valence-electron chi connectivity index (χ0n) is 12.1. The number of fused-ring (bicyclic) bond motifs is 1. The first-order chi connectivity index (χ1) is 10.7. The van der Waals surface area contributed by atoms with Crippen LogP contribution in [-0.2, 0) is 0 Å². The van der Waals surface area contributed by atoms with Crippen LogP contribution >= 0.6 is 0 Å². The summed E-state index contributed by atoms with van der Waals surface area (Å²) in [5, 5.41) is 13.6. The molecule has 0 aromatic carbocycles. The van der Waals surface area contributed by atoms with Gasteiger partial charge in [0.1, 0.15) is 5.75 Å². The number of methoxy groups -OCH3 is 1. The Labute approximate surface area is 127 Å². The van der Waals surface area contributed by atoms with Crippen LogP contribution in [0.2, 0.25) is 0 Å². The minimum Gasteiger partial charge on any atom is -0.495 e. The van der Waals surface area contributed by atoms with E-state index < -0.39 is 6.09 Å². The predicted octanol–water partition coefficient (Wildman–Crippen LogP) is 1.60. The predicted molar refractivity (Wildman–Crippen MR) is 77.2 cm³/mol. The molecule has 1 unspecified atom stereocenters. The summed E-state index contributed by atoms with van der Waals surface area (Å²) in [7, 11) is 1.61. The molecule has 0 spiro atoms. The fourth-order valence-corrected chi connectivity index (χ4v) is 3.39. The maximum Gasteiger partial charge on any atom is 0.407 e. The highest BCUT2D eigenvalue weighted by Crippen LogP contribution is 2.57. The van der Waals surface area contributed by atoms with E-state index in [4.69, 9.17) is 9.84 Å². The van der Waals surface area contributed by atoms with E-state index in [1.54, 1.807) is 18.0 Å². The van der Waals surface area contributed by atoms with Crippen molar-refractivity contribution in [3.05, 3.63) is 36.3 Å². The number of rotatable bonds is 3. The second-order valence-electron chi connectivity index (χ2n) is 5.78. The quantitative estimate of drug-likeness (QED) is 0.931. The maximum atomic E-state index is 10.9. The summed E-state index contributed by atoms with van der Waals surface area (Å²) in [5.74, 6) is 2.67. The lowest BCUT2D eigenvalue weighted by Crippen LogP contribution is -2.29. The molecule has 1 saturated heterocycles. The number of pyridine rings is 1. The third kappa shape index (κ3) is 2.01. The molecular weight excluding hydrogens is 284 g/mol. The molecule has 0 bridgehead atoms. The van der Waals surface area contributed by atoms with Crippen molar-refractivity contribution < 1.29 is 14.6 Å². The molecule has 7 nitrogen and oxygen atoms in total. The van der Waals surface area contributed by atoms with Gasteiger partial charge in [0.2, 0.25) is 0 Å². The summed E-state index contributed by atoms with van der Waals surface area (Å²) >= 11 is 0. The molecule has 1 saturated carbocycles. The number of hydrogen-bond donors (Lipinski definition) is 1. The third-order valence-corrected chi connectivity index (χ3v) is 4.61. The van der Waals surface area contributed by atoms with Gasteiger partial charge >= 0.3 is 6.09 Å². The molecular formula is C15H16N4O3. The van der Waals surface area contributed by atoms with Crippen molar-refractivity contribution in [2.24, 2.45) is 11.8 Å². The van der Waals surface area contributed by atoms with Crippen molar-refractivity contribution in [1.82, 2.24) is 19.7 Å². The van der Waals surface area contributed by atoms with Gasteiger partial charge in [-0.2, -0.15) is 5.10 Å². The molecule has 7 heteroatoms. The fourth-order valence-electron chi connectivity index (χ4n) is 3.39. The summed E-state index contributed by atoms with van der Waals surface area (Å²) in [6, 6.07) is 5.70. The van der Waals surface area contributed by atoms with Crippen molar-refractivity contribution in [3.8, 4) is 11.6 Å². The fraction of sp³-hybridized carbons (Fsp3) is 0.400. The molecule has 1 aliphatic carbocycles. The van der Waals surface area contributed by atoms with E-state index in [2.05, 4.69) is 10.1 Å². The van der Waals surface area contributed by atoms with Crippen LogP contribution in [0.1, 0.15) is 11.6 Å². The number of likely N-dealkylation sites (tertiary alicyclic amines) is 1. The molecule has 2 aromatic heterocycles. The summed E-state index contributed by atoms with van der Waals surface area (Å²) in [5.41, 5.74) is 1.03. The van der Waals surface area contributed by atoms with E-state index in [0.717, 1.165) is 11.5 Å². The minimum absolute atomic E-state index is 0.384. The normalized spacial score (nSPS) is 25.9. The molecule has 1 amide bonds. The van der Waals surface area contributed by atoms with Gasteiger partial charge in [-0.1, -0.05) is 0 Å². The Balaban J connectivity index is 1.48. The van der Waals surface area contributed by atoms with Crippen molar-refractivity contribution in [1.29, 1.82) is 0 Å². The highest BCUT2D eigenvalue weighted by molar-refractivity contribution is 5.66. The van der Waals surface area contributed by atoms with Crippen molar-refractivity contribution in [2.45, 2.75) is 5.92 Å². The van der Waals surface area contributed by atoms with Crippen LogP contribution in [-0.4, -0.2) is 51.1 Å². The Morgan fingerprint density at radius 2 is 2.09 bits per heavy atom. The lowest BCUT2D eigenvalue weighted by Gasteiger charge is -2.14.